The van der Waals surface area contributed by atoms with E-state index in [2.05, 4.69) is 4.98 Å². The fourth-order valence-electron chi connectivity index (χ4n) is 1.50. The summed E-state index contributed by atoms with van der Waals surface area (Å²) in [7, 11) is 3.12. The minimum Gasteiger partial charge on any atom is -0.365 e. The molecule has 94 valence electrons. The summed E-state index contributed by atoms with van der Waals surface area (Å²) in [5.41, 5.74) is -0.655. The molecule has 1 saturated heterocycles. The quantitative estimate of drug-likeness (QED) is 0.447. The van der Waals surface area contributed by atoms with Crippen LogP contribution in [-0.4, -0.2) is 29.6 Å². The van der Waals surface area contributed by atoms with Gasteiger partial charge >= 0.3 is 0 Å². The van der Waals surface area contributed by atoms with Gasteiger partial charge in [-0.3, -0.25) is 0 Å². The molecule has 0 atom stereocenters. The molecule has 1 aliphatic rings. The number of hydrogen-bond donors (Lipinski definition) is 0. The first-order valence-corrected chi connectivity index (χ1v) is 7.29. The minimum atomic E-state index is -1.61. The van der Waals surface area contributed by atoms with E-state index in [9.17, 15) is 17.6 Å². The summed E-state index contributed by atoms with van der Waals surface area (Å²) in [5, 5.41) is 0. The first kappa shape index (κ1) is 12.8. The number of anilines is 1. The van der Waals surface area contributed by atoms with E-state index in [1.807, 2.05) is 0 Å². The largest absolute Gasteiger partial charge is 0.365 e. The molecule has 8 heteroatoms. The summed E-state index contributed by atoms with van der Waals surface area (Å²) in [6.45, 7) is 0.683. The molecule has 0 aliphatic carbocycles. The standard InChI is InChI=1S/C9H8F4N2S2/c10-5-7(6(11)9(13)14-8(5)12)15-1-3-16-17-4-2-15/h1-4H2. The van der Waals surface area contributed by atoms with E-state index in [1.165, 1.54) is 4.90 Å². The van der Waals surface area contributed by atoms with E-state index in [-0.39, 0.29) is 0 Å². The van der Waals surface area contributed by atoms with Gasteiger partial charge in [-0.05, 0) is 0 Å². The van der Waals surface area contributed by atoms with Crippen LogP contribution in [0.25, 0.3) is 0 Å². The van der Waals surface area contributed by atoms with Crippen LogP contribution in [0.5, 0.6) is 0 Å². The highest BCUT2D eigenvalue weighted by Crippen LogP contribution is 2.30. The summed E-state index contributed by atoms with van der Waals surface area (Å²) in [6, 6.07) is 0. The minimum absolute atomic E-state index is 0.342. The van der Waals surface area contributed by atoms with E-state index in [4.69, 9.17) is 0 Å². The Kier molecular flexibility index (Phi) is 4.03. The summed E-state index contributed by atoms with van der Waals surface area (Å²) < 4.78 is 52.8. The van der Waals surface area contributed by atoms with Crippen LogP contribution >= 0.6 is 21.6 Å². The highest BCUT2D eigenvalue weighted by molar-refractivity contribution is 8.76. The fourth-order valence-corrected chi connectivity index (χ4v) is 3.48. The first-order valence-electron chi connectivity index (χ1n) is 4.80. The zero-order valence-corrected chi connectivity index (χ0v) is 10.2. The van der Waals surface area contributed by atoms with E-state index in [0.29, 0.717) is 24.6 Å². The third-order valence-electron chi connectivity index (χ3n) is 2.26. The molecular formula is C9H8F4N2S2. The van der Waals surface area contributed by atoms with Gasteiger partial charge in [-0.1, -0.05) is 21.6 Å². The van der Waals surface area contributed by atoms with Crippen molar-refractivity contribution in [1.29, 1.82) is 0 Å². The van der Waals surface area contributed by atoms with Crippen LogP contribution in [0.3, 0.4) is 0 Å². The van der Waals surface area contributed by atoms with Gasteiger partial charge in [-0.15, -0.1) is 0 Å². The summed E-state index contributed by atoms with van der Waals surface area (Å²) >= 11 is 0. The molecule has 1 aromatic heterocycles. The van der Waals surface area contributed by atoms with Gasteiger partial charge in [0.25, 0.3) is 11.9 Å². The number of aromatic nitrogens is 1. The third-order valence-corrected chi connectivity index (χ3v) is 4.63. The topological polar surface area (TPSA) is 16.1 Å². The van der Waals surface area contributed by atoms with Crippen LogP contribution in [0.4, 0.5) is 23.2 Å². The molecule has 1 aliphatic heterocycles. The average molecular weight is 284 g/mol. The average Bonchev–Trinajstić information content (AvgIpc) is 2.56. The van der Waals surface area contributed by atoms with Crippen molar-refractivity contribution >= 4 is 27.3 Å². The van der Waals surface area contributed by atoms with Crippen LogP contribution in [-0.2, 0) is 0 Å². The van der Waals surface area contributed by atoms with Gasteiger partial charge in [0.2, 0.25) is 11.6 Å². The van der Waals surface area contributed by atoms with Crippen molar-refractivity contribution < 1.29 is 17.6 Å². The molecule has 0 N–H and O–H groups in total. The van der Waals surface area contributed by atoms with Crippen LogP contribution in [0.2, 0.25) is 0 Å². The zero-order chi connectivity index (χ0) is 12.4. The lowest BCUT2D eigenvalue weighted by Crippen LogP contribution is -2.29. The molecule has 2 nitrogen and oxygen atoms in total. The maximum atomic E-state index is 13.5. The monoisotopic (exact) mass is 284 g/mol. The number of hydrogen-bond acceptors (Lipinski definition) is 4. The van der Waals surface area contributed by atoms with Crippen molar-refractivity contribution in [1.82, 2.24) is 4.98 Å². The second kappa shape index (κ2) is 5.34. The second-order valence-corrected chi connectivity index (χ2v) is 6.00. The molecule has 0 saturated carbocycles. The van der Waals surface area contributed by atoms with Gasteiger partial charge in [-0.2, -0.15) is 22.5 Å². The molecule has 0 aromatic carbocycles. The van der Waals surface area contributed by atoms with Crippen molar-refractivity contribution in [3.05, 3.63) is 23.5 Å². The third kappa shape index (κ3) is 2.62. The van der Waals surface area contributed by atoms with E-state index < -0.39 is 29.2 Å². The highest BCUT2D eigenvalue weighted by atomic mass is 33.1. The van der Waals surface area contributed by atoms with Gasteiger partial charge in [0.15, 0.2) is 0 Å². The van der Waals surface area contributed by atoms with Crippen LogP contribution < -0.4 is 4.90 Å². The van der Waals surface area contributed by atoms with Crippen molar-refractivity contribution in [3.63, 3.8) is 0 Å². The Balaban J connectivity index is 2.42. The Morgan fingerprint density at radius 2 is 1.35 bits per heavy atom. The molecule has 0 radical (unpaired) electrons. The molecule has 0 amide bonds. The van der Waals surface area contributed by atoms with Crippen LogP contribution in [0.15, 0.2) is 0 Å². The molecule has 2 rings (SSSR count). The number of pyridine rings is 1. The van der Waals surface area contributed by atoms with E-state index in [0.717, 1.165) is 0 Å². The summed E-state index contributed by atoms with van der Waals surface area (Å²) in [5.74, 6) is -4.81. The van der Waals surface area contributed by atoms with Crippen molar-refractivity contribution in [2.75, 3.05) is 29.5 Å². The molecule has 1 aromatic rings. The normalized spacial score (nSPS) is 17.1. The number of halogens is 4. The molecule has 0 spiro atoms. The van der Waals surface area contributed by atoms with Crippen LogP contribution in [0, 0.1) is 23.5 Å². The highest BCUT2D eigenvalue weighted by Gasteiger charge is 2.25. The number of rotatable bonds is 1. The Labute approximate surface area is 103 Å². The molecule has 2 heterocycles. The Morgan fingerprint density at radius 1 is 0.882 bits per heavy atom. The van der Waals surface area contributed by atoms with E-state index in [1.54, 1.807) is 21.6 Å². The Hall–Kier alpha value is -0.630. The predicted octanol–water partition coefficient (Wildman–Crippen LogP) is 2.84. The maximum Gasteiger partial charge on any atom is 0.253 e. The van der Waals surface area contributed by atoms with Crippen molar-refractivity contribution in [2.24, 2.45) is 0 Å². The van der Waals surface area contributed by atoms with Gasteiger partial charge < -0.3 is 4.90 Å². The molecule has 0 unspecified atom stereocenters. The van der Waals surface area contributed by atoms with Crippen LogP contribution in [0.1, 0.15) is 0 Å². The van der Waals surface area contributed by atoms with E-state index >= 15 is 0 Å². The fraction of sp³-hybridized carbons (Fsp3) is 0.444. The van der Waals surface area contributed by atoms with Crippen molar-refractivity contribution in [2.45, 2.75) is 0 Å². The second-order valence-electron chi connectivity index (χ2n) is 3.30. The lowest BCUT2D eigenvalue weighted by Gasteiger charge is -2.22. The molecule has 0 bridgehead atoms. The van der Waals surface area contributed by atoms with Crippen molar-refractivity contribution in [3.8, 4) is 0 Å². The SMILES string of the molecule is Fc1nc(F)c(F)c(N2CCSSCC2)c1F. The molecule has 1 fully saturated rings. The summed E-state index contributed by atoms with van der Waals surface area (Å²) in [6.07, 6.45) is 0. The first-order chi connectivity index (χ1) is 8.11. The van der Waals surface area contributed by atoms with Gasteiger partial charge in [0, 0.05) is 24.6 Å². The Bertz CT molecular complexity index is 396. The lowest BCUT2D eigenvalue weighted by atomic mass is 10.3. The lowest BCUT2D eigenvalue weighted by molar-refractivity contribution is 0.406. The predicted molar refractivity (Wildman–Crippen MR) is 61.2 cm³/mol. The molecule has 17 heavy (non-hydrogen) atoms. The van der Waals surface area contributed by atoms with Gasteiger partial charge in [0.1, 0.15) is 5.69 Å². The molecular weight excluding hydrogens is 276 g/mol. The zero-order valence-electron chi connectivity index (χ0n) is 8.55. The smallest absolute Gasteiger partial charge is 0.253 e. The number of nitrogens with zero attached hydrogens (tertiary/aromatic N) is 2. The van der Waals surface area contributed by atoms with Gasteiger partial charge in [0.05, 0.1) is 0 Å². The van der Waals surface area contributed by atoms with Gasteiger partial charge in [-0.25, -0.2) is 0 Å². The maximum absolute atomic E-state index is 13.5. The summed E-state index contributed by atoms with van der Waals surface area (Å²) in [4.78, 5) is 3.84. The Morgan fingerprint density at radius 3 is 1.82 bits per heavy atom.